The summed E-state index contributed by atoms with van der Waals surface area (Å²) in [5.41, 5.74) is -4.37. The Hall–Kier alpha value is -1.43. The maximum absolute atomic E-state index is 14.2. The van der Waals surface area contributed by atoms with Crippen LogP contribution in [-0.4, -0.2) is 206 Å². The second-order valence-electron chi connectivity index (χ2n) is 19.2. The number of aliphatic hydroxyl groups excluding tert-OH is 3. The molecule has 3 rings (SSSR count). The van der Waals surface area contributed by atoms with E-state index in [1.165, 1.54) is 14.0 Å². The molecule has 63 heavy (non-hydrogen) atoms. The molecule has 1 amide bonds. The highest BCUT2D eigenvalue weighted by Gasteiger charge is 2.52. The number of cyclic esters (lactones) is 1. The molecular weight excluding hydrogens is 849 g/mol. The predicted molar refractivity (Wildman–Crippen MR) is 230 cm³/mol. The first-order chi connectivity index (χ1) is 28.9. The van der Waals surface area contributed by atoms with Crippen molar-refractivity contribution in [2.75, 3.05) is 47.5 Å². The molecule has 8 N–H and O–H groups in total. The fourth-order valence-electron chi connectivity index (χ4n) is 9.23. The molecule has 21 heteroatoms. The molecule has 18 atom stereocenters. The number of aliphatic hydroxyl groups is 5. The minimum Gasteiger partial charge on any atom is -0.459 e. The lowest BCUT2D eigenvalue weighted by atomic mass is 9.77. The highest BCUT2D eigenvalue weighted by atomic mass is 31.2. The minimum absolute atomic E-state index is 0.0609. The van der Waals surface area contributed by atoms with Crippen molar-refractivity contribution in [3.8, 4) is 0 Å². The molecule has 0 radical (unpaired) electrons. The van der Waals surface area contributed by atoms with Crippen LogP contribution in [0, 0.1) is 17.8 Å². The van der Waals surface area contributed by atoms with Crippen molar-refractivity contribution in [1.82, 2.24) is 14.9 Å². The van der Waals surface area contributed by atoms with Crippen molar-refractivity contribution >= 4 is 20.0 Å². The molecule has 0 spiro atoms. The number of hydroxylamine groups is 2. The zero-order valence-corrected chi connectivity index (χ0v) is 40.8. The summed E-state index contributed by atoms with van der Waals surface area (Å²) < 4.78 is 47.7. The van der Waals surface area contributed by atoms with Gasteiger partial charge in [-0.15, -0.1) is 0 Å². The maximum Gasteiger partial charge on any atom is 0.325 e. The van der Waals surface area contributed by atoms with E-state index in [4.69, 9.17) is 43.4 Å². The summed E-state index contributed by atoms with van der Waals surface area (Å²) in [6.07, 6.45) is -8.25. The van der Waals surface area contributed by atoms with Gasteiger partial charge in [-0.25, -0.2) is 5.06 Å². The van der Waals surface area contributed by atoms with Crippen LogP contribution in [0.3, 0.4) is 0 Å². The van der Waals surface area contributed by atoms with Gasteiger partial charge in [0.2, 0.25) is 6.41 Å². The van der Waals surface area contributed by atoms with Crippen LogP contribution >= 0.6 is 7.60 Å². The summed E-state index contributed by atoms with van der Waals surface area (Å²) in [4.78, 5) is 44.4. The molecule has 3 aliphatic heterocycles. The third-order valence-corrected chi connectivity index (χ3v) is 14.1. The SMILES string of the molecule is CC[C@H]1OC(=O)[C@H](C)[C@@H](O[C@H]2C[C@@](C)(OC)[C@@H](O)[C@H](C)O2)[C@H](C)[C@@H](O[C@@H]2O[C@H](C)C[C@H](N(C)C)[C@H]2O)[C@](C)(O)C[C@@H](C)CN(C)[C@H](C)[C@@H](O)[C@]1(C)O.O=CN(O)CCCP(=O)(O)O. The third kappa shape index (κ3) is 15.8. The average molecular weight is 932 g/mol. The molecule has 3 saturated heterocycles. The van der Waals surface area contributed by atoms with Crippen molar-refractivity contribution < 1.29 is 83.1 Å². The number of methoxy groups -OCH3 is 1. The third-order valence-electron chi connectivity index (χ3n) is 13.2. The quantitative estimate of drug-likeness (QED) is 0.0450. The molecule has 0 aliphatic carbocycles. The largest absolute Gasteiger partial charge is 0.459 e. The van der Waals surface area contributed by atoms with Gasteiger partial charge in [0, 0.05) is 44.6 Å². The second-order valence-corrected chi connectivity index (χ2v) is 21.0. The maximum atomic E-state index is 14.2. The molecule has 0 aromatic carbocycles. The molecule has 3 heterocycles. The summed E-state index contributed by atoms with van der Waals surface area (Å²) in [6.45, 7) is 18.0. The molecule has 0 aromatic rings. The number of carbonyl (C=O) groups is 2. The second kappa shape index (κ2) is 24.0. The number of rotatable bonds is 12. The zero-order chi connectivity index (χ0) is 48.6. The van der Waals surface area contributed by atoms with Crippen molar-refractivity contribution in [3.05, 3.63) is 0 Å². The van der Waals surface area contributed by atoms with E-state index >= 15 is 0 Å². The Balaban J connectivity index is 0.00000109. The predicted octanol–water partition coefficient (Wildman–Crippen LogP) is 1.30. The Morgan fingerprint density at radius 2 is 1.57 bits per heavy atom. The molecule has 0 aromatic heterocycles. The number of carbonyl (C=O) groups excluding carboxylic acids is 2. The van der Waals surface area contributed by atoms with Gasteiger partial charge >= 0.3 is 13.6 Å². The fraction of sp³-hybridized carbons (Fsp3) is 0.952. The summed E-state index contributed by atoms with van der Waals surface area (Å²) in [5.74, 6) is -2.58. The zero-order valence-electron chi connectivity index (χ0n) is 39.9. The van der Waals surface area contributed by atoms with Crippen LogP contribution in [0.4, 0.5) is 0 Å². The van der Waals surface area contributed by atoms with E-state index in [0.717, 1.165) is 0 Å². The molecule has 0 saturated carbocycles. The van der Waals surface area contributed by atoms with Gasteiger partial charge in [-0.3, -0.25) is 19.4 Å². The summed E-state index contributed by atoms with van der Waals surface area (Å²) in [5, 5.41) is 66.9. The Morgan fingerprint density at radius 1 is 0.968 bits per heavy atom. The van der Waals surface area contributed by atoms with E-state index in [9.17, 15) is 39.7 Å². The van der Waals surface area contributed by atoms with E-state index in [-0.39, 0.29) is 62.9 Å². The van der Waals surface area contributed by atoms with Crippen molar-refractivity contribution in [2.24, 2.45) is 17.8 Å². The van der Waals surface area contributed by atoms with E-state index in [1.807, 2.05) is 51.7 Å². The average Bonchev–Trinajstić information content (AvgIpc) is 3.18. The van der Waals surface area contributed by atoms with Crippen LogP contribution in [0.25, 0.3) is 0 Å². The van der Waals surface area contributed by atoms with Crippen LogP contribution < -0.4 is 0 Å². The monoisotopic (exact) mass is 932 g/mol. The number of likely N-dealkylation sites (N-methyl/N-ethyl adjacent to an activating group) is 2. The highest BCUT2D eigenvalue weighted by Crippen LogP contribution is 2.40. The first-order valence-corrected chi connectivity index (χ1v) is 23.8. The Kier molecular flexibility index (Phi) is 22.0. The molecule has 0 unspecified atom stereocenters. The summed E-state index contributed by atoms with van der Waals surface area (Å²) >= 11 is 0. The highest BCUT2D eigenvalue weighted by molar-refractivity contribution is 7.51. The van der Waals surface area contributed by atoms with Crippen molar-refractivity contribution in [1.29, 1.82) is 0 Å². The topological polar surface area (TPSA) is 278 Å². The molecule has 3 fully saturated rings. The lowest BCUT2D eigenvalue weighted by Gasteiger charge is -2.48. The molecular formula is C42H82N3O17P. The number of esters is 1. The first kappa shape index (κ1) is 57.7. The van der Waals surface area contributed by atoms with Gasteiger partial charge in [-0.05, 0) is 101 Å². The molecule has 372 valence electrons. The molecule has 0 bridgehead atoms. The minimum atomic E-state index is -3.99. The van der Waals surface area contributed by atoms with Crippen LogP contribution in [0.1, 0.15) is 101 Å². The summed E-state index contributed by atoms with van der Waals surface area (Å²) in [7, 11) is 3.13. The first-order valence-electron chi connectivity index (χ1n) is 22.1. The number of nitrogens with zero attached hydrogens (tertiary/aromatic N) is 3. The van der Waals surface area contributed by atoms with E-state index in [1.54, 1.807) is 41.5 Å². The van der Waals surface area contributed by atoms with Crippen molar-refractivity contribution in [2.45, 2.75) is 192 Å². The van der Waals surface area contributed by atoms with E-state index < -0.39 is 104 Å². The number of hydrogen-bond acceptors (Lipinski definition) is 17. The van der Waals surface area contributed by atoms with E-state index in [0.29, 0.717) is 18.0 Å². The van der Waals surface area contributed by atoms with Gasteiger partial charge in [-0.2, -0.15) is 0 Å². The lowest BCUT2D eigenvalue weighted by Crippen LogP contribution is -2.60. The van der Waals surface area contributed by atoms with Gasteiger partial charge in [0.15, 0.2) is 12.6 Å². The van der Waals surface area contributed by atoms with Gasteiger partial charge in [-0.1, -0.05) is 20.8 Å². The normalized spacial score (nSPS) is 42.9. The van der Waals surface area contributed by atoms with Crippen LogP contribution in [0.15, 0.2) is 0 Å². The van der Waals surface area contributed by atoms with Crippen LogP contribution in [-0.2, 0) is 42.6 Å². The summed E-state index contributed by atoms with van der Waals surface area (Å²) in [6, 6.07) is -0.808. The molecule has 20 nitrogen and oxygen atoms in total. The number of amides is 1. The van der Waals surface area contributed by atoms with Crippen LogP contribution in [0.5, 0.6) is 0 Å². The van der Waals surface area contributed by atoms with Gasteiger partial charge < -0.3 is 73.5 Å². The number of ether oxygens (including phenoxy) is 6. The van der Waals surface area contributed by atoms with Gasteiger partial charge in [0.1, 0.15) is 30.0 Å². The van der Waals surface area contributed by atoms with E-state index in [2.05, 4.69) is 0 Å². The Labute approximate surface area is 374 Å². The van der Waals surface area contributed by atoms with Gasteiger partial charge in [0.05, 0.1) is 47.7 Å². The smallest absolute Gasteiger partial charge is 0.325 e. The van der Waals surface area contributed by atoms with Crippen molar-refractivity contribution in [3.63, 3.8) is 0 Å². The van der Waals surface area contributed by atoms with Gasteiger partial charge in [0.25, 0.3) is 0 Å². The fourth-order valence-corrected chi connectivity index (χ4v) is 9.78. The molecule has 3 aliphatic rings. The Morgan fingerprint density at radius 3 is 2.10 bits per heavy atom. The standard InChI is InChI=1S/C38H72N2O12.C4H10NO5P/c1-15-27-38(10,46)31(42)24(6)40(13)19-20(2)17-36(8,45)33(52-35-29(41)26(39(11)12)16-21(3)48-35)22(4)30(23(5)34(44)50-27)51-28-18-37(9,47-14)32(43)25(7)49-28;6-4-5(7)2-1-3-11(8,9)10/h20-33,35,41-43,45-46H,15-19H2,1-14H3;4,7H,1-3H2,(H2,8,9,10)/t20-,21-,22+,23-,24-,25+,26+,27-,28+,29-,30+,31-,32+,33-,35+,36-,37-,38-;/m1./s1. The number of hydrogen-bond donors (Lipinski definition) is 8. The Bertz CT molecular complexity index is 1460. The lowest BCUT2D eigenvalue weighted by molar-refractivity contribution is -0.318. The van der Waals surface area contributed by atoms with Crippen LogP contribution in [0.2, 0.25) is 0 Å².